The van der Waals surface area contributed by atoms with Crippen molar-refractivity contribution < 1.29 is 0 Å². The Morgan fingerprint density at radius 1 is 1.21 bits per heavy atom. The van der Waals surface area contributed by atoms with Crippen molar-refractivity contribution in [3.8, 4) is 0 Å². The fourth-order valence-electron chi connectivity index (χ4n) is 1.92. The normalized spacial score (nSPS) is 25.5. The second kappa shape index (κ2) is 3.40. The molecule has 0 saturated heterocycles. The number of nitrogens with two attached hydrogens (primary N) is 2. The summed E-state index contributed by atoms with van der Waals surface area (Å²) in [5.41, 5.74) is 13.7. The van der Waals surface area contributed by atoms with Crippen LogP contribution in [0.2, 0.25) is 0 Å². The fraction of sp³-hybridized carbons (Fsp3) is 0.455. The van der Waals surface area contributed by atoms with E-state index in [0.29, 0.717) is 17.4 Å². The molecule has 0 spiro atoms. The molecule has 0 heterocycles. The van der Waals surface area contributed by atoms with Crippen molar-refractivity contribution in [2.45, 2.75) is 25.8 Å². The minimum Gasteiger partial charge on any atom is -0.397 e. The zero-order chi connectivity index (χ0) is 10.1. The largest absolute Gasteiger partial charge is 0.397 e. The second-order valence-electron chi connectivity index (χ2n) is 4.26. The molecule has 2 rings (SSSR count). The lowest BCUT2D eigenvalue weighted by Crippen LogP contribution is -2.33. The number of nitrogen functional groups attached to an aromatic ring is 2. The maximum atomic E-state index is 5.72. The molecule has 0 radical (unpaired) electrons. The van der Waals surface area contributed by atoms with Crippen molar-refractivity contribution in [1.29, 1.82) is 0 Å². The molecule has 0 atom stereocenters. The van der Waals surface area contributed by atoms with Crippen LogP contribution in [0.25, 0.3) is 0 Å². The molecule has 76 valence electrons. The number of hydrogen-bond acceptors (Lipinski definition) is 3. The van der Waals surface area contributed by atoms with E-state index in [1.165, 1.54) is 12.8 Å². The molecule has 14 heavy (non-hydrogen) atoms. The van der Waals surface area contributed by atoms with Crippen molar-refractivity contribution in [2.24, 2.45) is 5.92 Å². The number of rotatable bonds is 2. The first-order valence-electron chi connectivity index (χ1n) is 5.06. The van der Waals surface area contributed by atoms with E-state index in [2.05, 4.69) is 12.2 Å². The van der Waals surface area contributed by atoms with Crippen LogP contribution in [0.5, 0.6) is 0 Å². The van der Waals surface area contributed by atoms with Gasteiger partial charge >= 0.3 is 0 Å². The maximum absolute atomic E-state index is 5.72. The summed E-state index contributed by atoms with van der Waals surface area (Å²) < 4.78 is 0. The molecule has 0 bridgehead atoms. The molecule has 3 heteroatoms. The van der Waals surface area contributed by atoms with Gasteiger partial charge in [-0.25, -0.2) is 0 Å². The van der Waals surface area contributed by atoms with Gasteiger partial charge in [0, 0.05) is 11.7 Å². The Morgan fingerprint density at radius 2 is 1.93 bits per heavy atom. The predicted octanol–water partition coefficient (Wildman–Crippen LogP) is 2.06. The van der Waals surface area contributed by atoms with Gasteiger partial charge in [-0.2, -0.15) is 0 Å². The molecule has 0 unspecified atom stereocenters. The van der Waals surface area contributed by atoms with Gasteiger partial charge in [-0.1, -0.05) is 6.92 Å². The summed E-state index contributed by atoms with van der Waals surface area (Å²) in [5, 5.41) is 3.44. The Morgan fingerprint density at radius 3 is 2.50 bits per heavy atom. The van der Waals surface area contributed by atoms with Crippen LogP contribution in [0.3, 0.4) is 0 Å². The first kappa shape index (κ1) is 9.19. The molecule has 3 nitrogen and oxygen atoms in total. The van der Waals surface area contributed by atoms with Crippen LogP contribution in [0, 0.1) is 5.92 Å². The lowest BCUT2D eigenvalue weighted by atomic mass is 9.82. The van der Waals surface area contributed by atoms with Crippen LogP contribution in [0.15, 0.2) is 18.2 Å². The highest BCUT2D eigenvalue weighted by atomic mass is 14.9. The van der Waals surface area contributed by atoms with Gasteiger partial charge in [-0.15, -0.1) is 0 Å². The number of anilines is 3. The fourth-order valence-corrected chi connectivity index (χ4v) is 1.92. The summed E-state index contributed by atoms with van der Waals surface area (Å²) in [4.78, 5) is 0. The number of nitrogens with one attached hydrogen (secondary N) is 1. The zero-order valence-corrected chi connectivity index (χ0v) is 8.46. The summed E-state index contributed by atoms with van der Waals surface area (Å²) >= 11 is 0. The smallest absolute Gasteiger partial charge is 0.0568 e. The Hall–Kier alpha value is -1.38. The Labute approximate surface area is 84.5 Å². The average molecular weight is 191 g/mol. The molecule has 1 aliphatic carbocycles. The molecule has 1 aromatic rings. The Balaban J connectivity index is 2.00. The highest BCUT2D eigenvalue weighted by Gasteiger charge is 2.24. The van der Waals surface area contributed by atoms with E-state index >= 15 is 0 Å². The van der Waals surface area contributed by atoms with Crippen LogP contribution in [0.1, 0.15) is 19.8 Å². The van der Waals surface area contributed by atoms with Gasteiger partial charge in [0.05, 0.1) is 11.4 Å². The quantitative estimate of drug-likeness (QED) is 0.627. The molecular formula is C11H17N3. The summed E-state index contributed by atoms with van der Waals surface area (Å²) in [7, 11) is 0. The van der Waals surface area contributed by atoms with Crippen LogP contribution in [0.4, 0.5) is 17.1 Å². The van der Waals surface area contributed by atoms with Crippen molar-refractivity contribution in [2.75, 3.05) is 16.8 Å². The second-order valence-corrected chi connectivity index (χ2v) is 4.26. The minimum atomic E-state index is 0.619. The topological polar surface area (TPSA) is 64.1 Å². The SMILES string of the molecule is CC1CC(Nc2ccc(N)c(N)c2)C1. The first-order chi connectivity index (χ1) is 6.65. The third-order valence-electron chi connectivity index (χ3n) is 2.83. The maximum Gasteiger partial charge on any atom is 0.0568 e. The molecule has 1 saturated carbocycles. The van der Waals surface area contributed by atoms with Crippen LogP contribution in [-0.2, 0) is 0 Å². The zero-order valence-electron chi connectivity index (χ0n) is 8.46. The first-order valence-corrected chi connectivity index (χ1v) is 5.06. The summed E-state index contributed by atoms with van der Waals surface area (Å²) in [6.45, 7) is 2.27. The van der Waals surface area contributed by atoms with E-state index in [4.69, 9.17) is 11.5 Å². The van der Waals surface area contributed by atoms with Crippen molar-refractivity contribution in [3.05, 3.63) is 18.2 Å². The van der Waals surface area contributed by atoms with Crippen LogP contribution < -0.4 is 16.8 Å². The Kier molecular flexibility index (Phi) is 2.23. The van der Waals surface area contributed by atoms with Crippen LogP contribution in [-0.4, -0.2) is 6.04 Å². The minimum absolute atomic E-state index is 0.619. The number of hydrogen-bond donors (Lipinski definition) is 3. The summed E-state index contributed by atoms with van der Waals surface area (Å²) in [6, 6.07) is 6.35. The van der Waals surface area contributed by atoms with E-state index in [9.17, 15) is 0 Å². The van der Waals surface area contributed by atoms with Crippen LogP contribution >= 0.6 is 0 Å². The lowest BCUT2D eigenvalue weighted by molar-refractivity contribution is 0.309. The van der Waals surface area contributed by atoms with Gasteiger partial charge in [0.25, 0.3) is 0 Å². The molecule has 1 aliphatic rings. The molecular weight excluding hydrogens is 174 g/mol. The third kappa shape index (κ3) is 1.76. The summed E-state index contributed by atoms with van der Waals surface area (Å²) in [6.07, 6.45) is 2.51. The van der Waals surface area contributed by atoms with Gasteiger partial charge in [0.15, 0.2) is 0 Å². The molecule has 0 aliphatic heterocycles. The molecule has 5 N–H and O–H groups in total. The van der Waals surface area contributed by atoms with E-state index in [1.54, 1.807) is 0 Å². The average Bonchev–Trinajstić information content (AvgIpc) is 2.09. The van der Waals surface area contributed by atoms with E-state index in [0.717, 1.165) is 11.6 Å². The van der Waals surface area contributed by atoms with Gasteiger partial charge in [-0.05, 0) is 37.0 Å². The van der Waals surface area contributed by atoms with Crippen molar-refractivity contribution >= 4 is 17.1 Å². The van der Waals surface area contributed by atoms with Gasteiger partial charge in [0.2, 0.25) is 0 Å². The monoisotopic (exact) mass is 191 g/mol. The lowest BCUT2D eigenvalue weighted by Gasteiger charge is -2.34. The molecule has 1 fully saturated rings. The molecule has 1 aromatic carbocycles. The molecule has 0 aromatic heterocycles. The van der Waals surface area contributed by atoms with E-state index in [-0.39, 0.29) is 0 Å². The highest BCUT2D eigenvalue weighted by molar-refractivity contribution is 5.69. The standard InChI is InChI=1S/C11H17N3/c1-7-4-9(5-7)14-8-2-3-10(12)11(13)6-8/h2-3,6-7,9,14H,4-5,12-13H2,1H3. The van der Waals surface area contributed by atoms with Crippen molar-refractivity contribution in [1.82, 2.24) is 0 Å². The third-order valence-corrected chi connectivity index (χ3v) is 2.83. The summed E-state index contributed by atoms with van der Waals surface area (Å²) in [5.74, 6) is 0.860. The highest BCUT2D eigenvalue weighted by Crippen LogP contribution is 2.30. The van der Waals surface area contributed by atoms with Gasteiger partial charge < -0.3 is 16.8 Å². The van der Waals surface area contributed by atoms with Gasteiger partial charge in [0.1, 0.15) is 0 Å². The predicted molar refractivity (Wildman–Crippen MR) is 61.1 cm³/mol. The molecule has 0 amide bonds. The van der Waals surface area contributed by atoms with E-state index in [1.807, 2.05) is 18.2 Å². The number of benzene rings is 1. The van der Waals surface area contributed by atoms with Gasteiger partial charge in [-0.3, -0.25) is 0 Å². The Bertz CT molecular complexity index is 329. The van der Waals surface area contributed by atoms with Crippen molar-refractivity contribution in [3.63, 3.8) is 0 Å². The van der Waals surface area contributed by atoms with E-state index < -0.39 is 0 Å².